The first-order chi connectivity index (χ1) is 15.2. The van der Waals surface area contributed by atoms with Crippen LogP contribution in [0.4, 0.5) is 4.79 Å². The van der Waals surface area contributed by atoms with Crippen LogP contribution in [0.5, 0.6) is 5.75 Å². The second-order valence-corrected chi connectivity index (χ2v) is 7.95. The third kappa shape index (κ3) is 5.86. The van der Waals surface area contributed by atoms with Gasteiger partial charge in [-0.15, -0.1) is 0 Å². The molecule has 0 bridgehead atoms. The van der Waals surface area contributed by atoms with Crippen LogP contribution in [0.3, 0.4) is 0 Å². The van der Waals surface area contributed by atoms with Gasteiger partial charge in [0, 0.05) is 19.6 Å². The Morgan fingerprint density at radius 3 is 2.13 bits per heavy atom. The number of piperidine rings is 1. The van der Waals surface area contributed by atoms with Gasteiger partial charge in [0.05, 0.1) is 6.04 Å². The normalized spacial score (nSPS) is 15.0. The lowest BCUT2D eigenvalue weighted by atomic mass is 9.99. The second-order valence-electron chi connectivity index (χ2n) is 7.95. The number of ether oxygens (including phenoxy) is 1. The monoisotopic (exact) mass is 416 g/mol. The van der Waals surface area contributed by atoms with Gasteiger partial charge in [0.1, 0.15) is 11.9 Å². The molecule has 31 heavy (non-hydrogen) atoms. The molecule has 0 spiro atoms. The number of hydrogen-bond acceptors (Lipinski definition) is 4. The van der Waals surface area contributed by atoms with Gasteiger partial charge < -0.3 is 15.2 Å². The zero-order chi connectivity index (χ0) is 21.5. The number of amides is 1. The summed E-state index contributed by atoms with van der Waals surface area (Å²) in [6.07, 6.45) is 1.12. The van der Waals surface area contributed by atoms with Crippen molar-refractivity contribution in [1.29, 1.82) is 0 Å². The number of likely N-dealkylation sites (tertiary alicyclic amines) is 1. The van der Waals surface area contributed by atoms with Crippen LogP contribution in [0.25, 0.3) is 0 Å². The quantitative estimate of drug-likeness (QED) is 0.602. The van der Waals surface area contributed by atoms with Crippen molar-refractivity contribution in [3.05, 3.63) is 102 Å². The highest BCUT2D eigenvalue weighted by atomic mass is 16.6. The fraction of sp³-hybridized carbons (Fsp3) is 0.269. The van der Waals surface area contributed by atoms with Gasteiger partial charge in [-0.2, -0.15) is 0 Å². The molecule has 1 heterocycles. The molecule has 3 aromatic carbocycles. The number of benzene rings is 3. The summed E-state index contributed by atoms with van der Waals surface area (Å²) in [6.45, 7) is 2.50. The van der Waals surface area contributed by atoms with Gasteiger partial charge in [0.25, 0.3) is 0 Å². The highest BCUT2D eigenvalue weighted by Gasteiger charge is 2.24. The van der Waals surface area contributed by atoms with E-state index in [0.29, 0.717) is 5.75 Å². The molecule has 1 aliphatic heterocycles. The summed E-state index contributed by atoms with van der Waals surface area (Å²) in [4.78, 5) is 15.0. The summed E-state index contributed by atoms with van der Waals surface area (Å²) in [5.74, 6) is 0.291. The number of hydrogen-bond donors (Lipinski definition) is 2. The Morgan fingerprint density at radius 1 is 0.935 bits per heavy atom. The van der Waals surface area contributed by atoms with Crippen molar-refractivity contribution in [1.82, 2.24) is 10.2 Å². The van der Waals surface area contributed by atoms with Crippen molar-refractivity contribution in [2.75, 3.05) is 13.1 Å². The minimum atomic E-state index is -0.385. The molecular formula is C26H28N2O3. The van der Waals surface area contributed by atoms with Crippen molar-refractivity contribution in [2.45, 2.75) is 31.5 Å². The van der Waals surface area contributed by atoms with Gasteiger partial charge in [-0.25, -0.2) is 4.79 Å². The molecule has 0 saturated carbocycles. The highest BCUT2D eigenvalue weighted by molar-refractivity contribution is 5.69. The molecule has 0 radical (unpaired) electrons. The van der Waals surface area contributed by atoms with E-state index >= 15 is 0 Å². The maximum Gasteiger partial charge on any atom is 0.408 e. The maximum atomic E-state index is 12.7. The Bertz CT molecular complexity index is 931. The molecule has 0 aromatic heterocycles. The van der Waals surface area contributed by atoms with Crippen LogP contribution in [-0.4, -0.2) is 35.3 Å². The topological polar surface area (TPSA) is 61.8 Å². The third-order valence-electron chi connectivity index (χ3n) is 5.65. The standard InChI is InChI=1S/C26H28N2O3/c29-23-13-7-8-20(18-23)19-28-16-14-24(15-17-28)31-26(30)27-25(21-9-3-1-4-10-21)22-11-5-2-6-12-22/h1-13,18,24-25,29H,14-17,19H2,(H,27,30). The largest absolute Gasteiger partial charge is 0.508 e. The molecule has 0 unspecified atom stereocenters. The van der Waals surface area contributed by atoms with Crippen LogP contribution in [0.15, 0.2) is 84.9 Å². The smallest absolute Gasteiger partial charge is 0.408 e. The first-order valence-corrected chi connectivity index (χ1v) is 10.7. The van der Waals surface area contributed by atoms with E-state index in [1.54, 1.807) is 12.1 Å². The summed E-state index contributed by atoms with van der Waals surface area (Å²) in [5.41, 5.74) is 3.13. The van der Waals surface area contributed by atoms with Crippen LogP contribution in [0.1, 0.15) is 35.6 Å². The predicted molar refractivity (Wildman–Crippen MR) is 121 cm³/mol. The van der Waals surface area contributed by atoms with Crippen LogP contribution in [0.2, 0.25) is 0 Å². The number of aromatic hydroxyl groups is 1. The zero-order valence-electron chi connectivity index (χ0n) is 17.5. The molecular weight excluding hydrogens is 388 g/mol. The minimum Gasteiger partial charge on any atom is -0.508 e. The zero-order valence-corrected chi connectivity index (χ0v) is 17.5. The summed E-state index contributed by atoms with van der Waals surface area (Å²) < 4.78 is 5.77. The van der Waals surface area contributed by atoms with Gasteiger partial charge in [0.2, 0.25) is 0 Å². The number of phenols is 1. The number of phenolic OH excluding ortho intramolecular Hbond substituents is 1. The van der Waals surface area contributed by atoms with E-state index in [1.165, 1.54) is 0 Å². The molecule has 1 amide bonds. The fourth-order valence-corrected chi connectivity index (χ4v) is 4.05. The molecule has 1 fully saturated rings. The second kappa shape index (κ2) is 10.1. The Labute approximate surface area is 183 Å². The number of nitrogens with zero attached hydrogens (tertiary/aromatic N) is 1. The Balaban J connectivity index is 1.32. The summed E-state index contributed by atoms with van der Waals surface area (Å²) in [7, 11) is 0. The Kier molecular flexibility index (Phi) is 6.85. The predicted octanol–water partition coefficient (Wildman–Crippen LogP) is 4.87. The van der Waals surface area contributed by atoms with Crippen molar-refractivity contribution < 1.29 is 14.6 Å². The molecule has 5 nitrogen and oxygen atoms in total. The van der Waals surface area contributed by atoms with Crippen LogP contribution in [-0.2, 0) is 11.3 Å². The van der Waals surface area contributed by atoms with Crippen LogP contribution < -0.4 is 5.32 Å². The third-order valence-corrected chi connectivity index (χ3v) is 5.65. The maximum absolute atomic E-state index is 12.7. The molecule has 2 N–H and O–H groups in total. The lowest BCUT2D eigenvalue weighted by molar-refractivity contribution is 0.0476. The molecule has 4 rings (SSSR count). The molecule has 160 valence electrons. The van der Waals surface area contributed by atoms with E-state index in [0.717, 1.165) is 49.2 Å². The van der Waals surface area contributed by atoms with E-state index in [-0.39, 0.29) is 18.2 Å². The lowest BCUT2D eigenvalue weighted by Gasteiger charge is -2.32. The number of nitrogens with one attached hydrogen (secondary N) is 1. The molecule has 0 aliphatic carbocycles. The summed E-state index contributed by atoms with van der Waals surface area (Å²) >= 11 is 0. The van der Waals surface area contributed by atoms with Crippen molar-refractivity contribution in [2.24, 2.45) is 0 Å². The molecule has 5 heteroatoms. The number of carbonyl (C=O) groups is 1. The van der Waals surface area contributed by atoms with Gasteiger partial charge in [-0.1, -0.05) is 72.8 Å². The molecule has 1 saturated heterocycles. The lowest BCUT2D eigenvalue weighted by Crippen LogP contribution is -2.40. The average Bonchev–Trinajstić information content (AvgIpc) is 2.80. The van der Waals surface area contributed by atoms with Crippen LogP contribution in [0, 0.1) is 0 Å². The van der Waals surface area contributed by atoms with Gasteiger partial charge in [-0.05, 0) is 41.7 Å². The van der Waals surface area contributed by atoms with Gasteiger partial charge in [-0.3, -0.25) is 4.90 Å². The highest BCUT2D eigenvalue weighted by Crippen LogP contribution is 2.23. The molecule has 3 aromatic rings. The summed E-state index contributed by atoms with van der Waals surface area (Å²) in [5, 5.41) is 12.7. The first-order valence-electron chi connectivity index (χ1n) is 10.7. The number of alkyl carbamates (subject to hydrolysis) is 1. The van der Waals surface area contributed by atoms with Crippen molar-refractivity contribution in [3.63, 3.8) is 0 Å². The van der Waals surface area contributed by atoms with E-state index in [9.17, 15) is 9.90 Å². The minimum absolute atomic E-state index is 0.0902. The Morgan fingerprint density at radius 2 is 1.55 bits per heavy atom. The van der Waals surface area contributed by atoms with Crippen LogP contribution >= 0.6 is 0 Å². The summed E-state index contributed by atoms with van der Waals surface area (Å²) in [6, 6.07) is 27.0. The van der Waals surface area contributed by atoms with E-state index in [4.69, 9.17) is 4.74 Å². The fourth-order valence-electron chi connectivity index (χ4n) is 4.05. The Hall–Kier alpha value is -3.31. The first kappa shape index (κ1) is 20.9. The average molecular weight is 417 g/mol. The van der Waals surface area contributed by atoms with E-state index in [2.05, 4.69) is 10.2 Å². The SMILES string of the molecule is O=C(NC(c1ccccc1)c1ccccc1)OC1CCN(Cc2cccc(O)c2)CC1. The molecule has 0 atom stereocenters. The van der Waals surface area contributed by atoms with Crippen molar-refractivity contribution in [3.8, 4) is 5.75 Å². The number of carbonyl (C=O) groups excluding carboxylic acids is 1. The van der Waals surface area contributed by atoms with Crippen molar-refractivity contribution >= 4 is 6.09 Å². The number of rotatable bonds is 6. The molecule has 1 aliphatic rings. The van der Waals surface area contributed by atoms with Gasteiger partial charge >= 0.3 is 6.09 Å². The van der Waals surface area contributed by atoms with E-state index in [1.807, 2.05) is 72.8 Å². The van der Waals surface area contributed by atoms with E-state index < -0.39 is 0 Å². The van der Waals surface area contributed by atoms with Gasteiger partial charge in [0.15, 0.2) is 0 Å².